The number of phenolic OH excluding ortho intramolecular Hbond substituents is 3. The maximum Gasteiger partial charge on any atom is 0.130 e. The molecular weight excluding hydrogens is 216 g/mol. The second-order valence-electron chi connectivity index (χ2n) is 3.87. The van der Waals surface area contributed by atoms with Gasteiger partial charge in [-0.1, -0.05) is 31.2 Å². The van der Waals surface area contributed by atoms with E-state index in [0.717, 1.165) is 17.5 Å². The molecule has 0 bridgehead atoms. The van der Waals surface area contributed by atoms with Crippen molar-refractivity contribution in [1.82, 2.24) is 0 Å². The van der Waals surface area contributed by atoms with E-state index in [-0.39, 0.29) is 17.2 Å². The molecule has 3 heteroatoms. The first kappa shape index (κ1) is 11.3. The molecule has 0 fully saturated rings. The van der Waals surface area contributed by atoms with Crippen molar-refractivity contribution < 1.29 is 15.3 Å². The summed E-state index contributed by atoms with van der Waals surface area (Å²) in [7, 11) is 0. The zero-order valence-corrected chi connectivity index (χ0v) is 9.51. The molecule has 2 aromatic carbocycles. The van der Waals surface area contributed by atoms with E-state index in [1.165, 1.54) is 12.1 Å². The normalized spacial score (nSPS) is 10.4. The quantitative estimate of drug-likeness (QED) is 0.743. The maximum absolute atomic E-state index is 9.83. The van der Waals surface area contributed by atoms with Crippen molar-refractivity contribution in [2.45, 2.75) is 13.3 Å². The van der Waals surface area contributed by atoms with E-state index in [9.17, 15) is 15.3 Å². The molecule has 0 aliphatic rings. The third kappa shape index (κ3) is 2.04. The van der Waals surface area contributed by atoms with Gasteiger partial charge in [0.2, 0.25) is 0 Å². The van der Waals surface area contributed by atoms with Crippen LogP contribution in [0.2, 0.25) is 0 Å². The van der Waals surface area contributed by atoms with Crippen molar-refractivity contribution in [3.8, 4) is 28.4 Å². The van der Waals surface area contributed by atoms with Gasteiger partial charge in [0.25, 0.3) is 0 Å². The minimum Gasteiger partial charge on any atom is -0.508 e. The predicted octanol–water partition coefficient (Wildman–Crippen LogP) is 3.03. The van der Waals surface area contributed by atoms with E-state index in [2.05, 4.69) is 0 Å². The number of hydrogen-bond donors (Lipinski definition) is 3. The molecule has 0 radical (unpaired) electrons. The summed E-state index contributed by atoms with van der Waals surface area (Å²) >= 11 is 0. The number of hydrogen-bond acceptors (Lipinski definition) is 3. The van der Waals surface area contributed by atoms with Crippen LogP contribution < -0.4 is 0 Å². The predicted molar refractivity (Wildman–Crippen MR) is 66.3 cm³/mol. The standard InChI is InChI=1S/C14H14O3/c1-2-9-5-3-4-6-11(9)14-12(16)7-10(15)8-13(14)17/h3-8,15-17H,2H2,1H3. The Hall–Kier alpha value is -2.16. The number of aromatic hydroxyl groups is 3. The Morgan fingerprint density at radius 3 is 2.12 bits per heavy atom. The molecular formula is C14H14O3. The summed E-state index contributed by atoms with van der Waals surface area (Å²) in [4.78, 5) is 0. The van der Waals surface area contributed by atoms with Gasteiger partial charge in [-0.25, -0.2) is 0 Å². The Morgan fingerprint density at radius 1 is 0.941 bits per heavy atom. The molecule has 0 spiro atoms. The van der Waals surface area contributed by atoms with Crippen LogP contribution in [0.1, 0.15) is 12.5 Å². The second kappa shape index (κ2) is 4.37. The molecule has 0 aromatic heterocycles. The third-order valence-electron chi connectivity index (χ3n) is 2.75. The SMILES string of the molecule is CCc1ccccc1-c1c(O)cc(O)cc1O. The fourth-order valence-electron chi connectivity index (χ4n) is 1.95. The van der Waals surface area contributed by atoms with E-state index in [1.807, 2.05) is 31.2 Å². The summed E-state index contributed by atoms with van der Waals surface area (Å²) in [6.07, 6.45) is 0.802. The second-order valence-corrected chi connectivity index (χ2v) is 3.87. The first-order valence-corrected chi connectivity index (χ1v) is 5.46. The minimum atomic E-state index is -0.155. The van der Waals surface area contributed by atoms with Crippen LogP contribution in [0, 0.1) is 0 Å². The van der Waals surface area contributed by atoms with Gasteiger partial charge in [-0.3, -0.25) is 0 Å². The lowest BCUT2D eigenvalue weighted by molar-refractivity contribution is 0.430. The van der Waals surface area contributed by atoms with Crippen LogP contribution >= 0.6 is 0 Å². The van der Waals surface area contributed by atoms with Gasteiger partial charge >= 0.3 is 0 Å². The smallest absolute Gasteiger partial charge is 0.130 e. The zero-order chi connectivity index (χ0) is 12.4. The first-order chi connectivity index (χ1) is 8.13. The van der Waals surface area contributed by atoms with Crippen molar-refractivity contribution in [3.05, 3.63) is 42.0 Å². The molecule has 0 aliphatic carbocycles. The highest BCUT2D eigenvalue weighted by Gasteiger charge is 2.14. The minimum absolute atomic E-state index is 0.122. The fraction of sp³-hybridized carbons (Fsp3) is 0.143. The monoisotopic (exact) mass is 230 g/mol. The Balaban J connectivity index is 2.68. The van der Waals surface area contributed by atoms with E-state index >= 15 is 0 Å². The lowest BCUT2D eigenvalue weighted by Crippen LogP contribution is -1.88. The highest BCUT2D eigenvalue weighted by Crippen LogP contribution is 2.41. The van der Waals surface area contributed by atoms with Crippen molar-refractivity contribution in [2.75, 3.05) is 0 Å². The van der Waals surface area contributed by atoms with Gasteiger partial charge in [0, 0.05) is 12.1 Å². The zero-order valence-electron chi connectivity index (χ0n) is 9.51. The maximum atomic E-state index is 9.83. The molecule has 0 saturated heterocycles. The molecule has 2 aromatic rings. The molecule has 0 atom stereocenters. The molecule has 0 amide bonds. The van der Waals surface area contributed by atoms with Gasteiger partial charge in [0.15, 0.2) is 0 Å². The highest BCUT2D eigenvalue weighted by molar-refractivity contribution is 5.79. The van der Waals surface area contributed by atoms with Crippen LogP contribution in [-0.2, 0) is 6.42 Å². The van der Waals surface area contributed by atoms with Gasteiger partial charge in [-0.15, -0.1) is 0 Å². The van der Waals surface area contributed by atoms with Gasteiger partial charge in [-0.05, 0) is 17.5 Å². The highest BCUT2D eigenvalue weighted by atomic mass is 16.3. The average Bonchev–Trinajstić information content (AvgIpc) is 2.28. The molecule has 0 saturated carbocycles. The first-order valence-electron chi connectivity index (χ1n) is 5.46. The molecule has 2 rings (SSSR count). The van der Waals surface area contributed by atoms with Gasteiger partial charge in [0.1, 0.15) is 17.2 Å². The third-order valence-corrected chi connectivity index (χ3v) is 2.75. The van der Waals surface area contributed by atoms with Crippen LogP contribution in [0.15, 0.2) is 36.4 Å². The van der Waals surface area contributed by atoms with Crippen molar-refractivity contribution in [1.29, 1.82) is 0 Å². The van der Waals surface area contributed by atoms with Gasteiger partial charge < -0.3 is 15.3 Å². The van der Waals surface area contributed by atoms with Gasteiger partial charge in [-0.2, -0.15) is 0 Å². The number of aryl methyl sites for hydroxylation is 1. The van der Waals surface area contributed by atoms with Crippen LogP contribution in [0.25, 0.3) is 11.1 Å². The Kier molecular flexibility index (Phi) is 2.91. The number of rotatable bonds is 2. The summed E-state index contributed by atoms with van der Waals surface area (Å²) in [5.41, 5.74) is 2.18. The van der Waals surface area contributed by atoms with Crippen LogP contribution in [0.3, 0.4) is 0 Å². The van der Waals surface area contributed by atoms with Gasteiger partial charge in [0.05, 0.1) is 5.56 Å². The summed E-state index contributed by atoms with van der Waals surface area (Å²) in [6.45, 7) is 2.01. The van der Waals surface area contributed by atoms with E-state index in [0.29, 0.717) is 5.56 Å². The van der Waals surface area contributed by atoms with Crippen LogP contribution in [0.5, 0.6) is 17.2 Å². The molecule has 0 aliphatic heterocycles. The Morgan fingerprint density at radius 2 is 1.53 bits per heavy atom. The van der Waals surface area contributed by atoms with Crippen molar-refractivity contribution in [2.24, 2.45) is 0 Å². The number of benzene rings is 2. The van der Waals surface area contributed by atoms with E-state index in [1.54, 1.807) is 0 Å². The molecule has 3 N–H and O–H groups in total. The van der Waals surface area contributed by atoms with E-state index < -0.39 is 0 Å². The van der Waals surface area contributed by atoms with Crippen LogP contribution in [-0.4, -0.2) is 15.3 Å². The fourth-order valence-corrected chi connectivity index (χ4v) is 1.95. The Labute approximate surface area is 99.6 Å². The molecule has 88 valence electrons. The summed E-state index contributed by atoms with van der Waals surface area (Å²) in [6, 6.07) is 9.99. The lowest BCUT2D eigenvalue weighted by atomic mass is 9.96. The van der Waals surface area contributed by atoms with Crippen LogP contribution in [0.4, 0.5) is 0 Å². The lowest BCUT2D eigenvalue weighted by Gasteiger charge is -2.11. The molecule has 3 nitrogen and oxygen atoms in total. The topological polar surface area (TPSA) is 60.7 Å². The Bertz CT molecular complexity index is 524. The average molecular weight is 230 g/mol. The van der Waals surface area contributed by atoms with E-state index in [4.69, 9.17) is 0 Å². The molecule has 0 heterocycles. The van der Waals surface area contributed by atoms with Crippen molar-refractivity contribution in [3.63, 3.8) is 0 Å². The molecule has 0 unspecified atom stereocenters. The summed E-state index contributed by atoms with van der Waals surface area (Å²) in [5, 5.41) is 28.9. The largest absolute Gasteiger partial charge is 0.508 e. The summed E-state index contributed by atoms with van der Waals surface area (Å²) < 4.78 is 0. The van der Waals surface area contributed by atoms with Crippen molar-refractivity contribution >= 4 is 0 Å². The number of phenols is 3. The molecule has 17 heavy (non-hydrogen) atoms. The summed E-state index contributed by atoms with van der Waals surface area (Å²) in [5.74, 6) is -0.399.